The summed E-state index contributed by atoms with van der Waals surface area (Å²) in [5.74, 6) is 1.02. The Labute approximate surface area is 104 Å². The fraction of sp³-hybridized carbons (Fsp3) is 0.769. The summed E-state index contributed by atoms with van der Waals surface area (Å²) < 4.78 is 2.21. The molecule has 1 aromatic heterocycles. The van der Waals surface area contributed by atoms with Gasteiger partial charge in [0.15, 0.2) is 0 Å². The van der Waals surface area contributed by atoms with Crippen LogP contribution in [0.25, 0.3) is 0 Å². The molecule has 0 bridgehead atoms. The quantitative estimate of drug-likeness (QED) is 0.751. The SMILES string of the molecule is CCCCn1ccnc1NCCN(C)C1CC1. The average Bonchev–Trinajstić information content (AvgIpc) is 3.09. The third kappa shape index (κ3) is 3.73. The summed E-state index contributed by atoms with van der Waals surface area (Å²) in [4.78, 5) is 6.80. The maximum Gasteiger partial charge on any atom is 0.202 e. The number of nitrogens with zero attached hydrogens (tertiary/aromatic N) is 3. The van der Waals surface area contributed by atoms with Gasteiger partial charge in [-0.05, 0) is 26.3 Å². The predicted octanol–water partition coefficient (Wildman–Crippen LogP) is 2.19. The number of aryl methyl sites for hydroxylation is 1. The molecule has 0 aliphatic heterocycles. The Morgan fingerprint density at radius 2 is 2.35 bits per heavy atom. The normalized spacial score (nSPS) is 15.5. The summed E-state index contributed by atoms with van der Waals surface area (Å²) in [7, 11) is 2.21. The number of anilines is 1. The van der Waals surface area contributed by atoms with Crippen molar-refractivity contribution in [2.24, 2.45) is 0 Å². The van der Waals surface area contributed by atoms with Crippen molar-refractivity contribution in [3.63, 3.8) is 0 Å². The lowest BCUT2D eigenvalue weighted by Gasteiger charge is -2.16. The van der Waals surface area contributed by atoms with Crippen LogP contribution in [-0.4, -0.2) is 40.6 Å². The highest BCUT2D eigenvalue weighted by atomic mass is 15.2. The maximum absolute atomic E-state index is 4.36. The summed E-state index contributed by atoms with van der Waals surface area (Å²) in [6.45, 7) is 5.37. The first-order valence-electron chi connectivity index (χ1n) is 6.76. The lowest BCUT2D eigenvalue weighted by molar-refractivity contribution is 0.337. The molecule has 0 amide bonds. The molecule has 2 rings (SSSR count). The Morgan fingerprint density at radius 3 is 3.06 bits per heavy atom. The fourth-order valence-electron chi connectivity index (χ4n) is 2.03. The van der Waals surface area contributed by atoms with Gasteiger partial charge in [0, 0.05) is 38.1 Å². The Morgan fingerprint density at radius 1 is 1.53 bits per heavy atom. The lowest BCUT2D eigenvalue weighted by atomic mass is 10.3. The Bertz CT molecular complexity index is 330. The highest BCUT2D eigenvalue weighted by Gasteiger charge is 2.25. The van der Waals surface area contributed by atoms with Crippen molar-refractivity contribution < 1.29 is 0 Å². The number of imidazole rings is 1. The summed E-state index contributed by atoms with van der Waals surface area (Å²) in [6.07, 6.45) is 9.13. The molecule has 1 aliphatic carbocycles. The summed E-state index contributed by atoms with van der Waals surface area (Å²) in [6, 6.07) is 0.844. The van der Waals surface area contributed by atoms with Gasteiger partial charge in [-0.1, -0.05) is 13.3 Å². The van der Waals surface area contributed by atoms with Crippen LogP contribution in [0.3, 0.4) is 0 Å². The van der Waals surface area contributed by atoms with Crippen LogP contribution in [0.4, 0.5) is 5.95 Å². The van der Waals surface area contributed by atoms with Crippen LogP contribution in [0, 0.1) is 0 Å². The van der Waals surface area contributed by atoms with Crippen LogP contribution in [0.2, 0.25) is 0 Å². The minimum absolute atomic E-state index is 0.844. The molecule has 0 atom stereocenters. The highest BCUT2D eigenvalue weighted by Crippen LogP contribution is 2.24. The molecule has 4 heteroatoms. The predicted molar refractivity (Wildman–Crippen MR) is 71.3 cm³/mol. The van der Waals surface area contributed by atoms with Crippen molar-refractivity contribution >= 4 is 5.95 Å². The molecule has 1 saturated carbocycles. The van der Waals surface area contributed by atoms with Crippen LogP contribution in [0.5, 0.6) is 0 Å². The lowest BCUT2D eigenvalue weighted by Crippen LogP contribution is -2.27. The molecule has 0 spiro atoms. The topological polar surface area (TPSA) is 33.1 Å². The molecule has 17 heavy (non-hydrogen) atoms. The van der Waals surface area contributed by atoms with E-state index in [1.54, 1.807) is 0 Å². The highest BCUT2D eigenvalue weighted by molar-refractivity contribution is 5.25. The molecule has 0 unspecified atom stereocenters. The van der Waals surface area contributed by atoms with Crippen LogP contribution in [0.1, 0.15) is 32.6 Å². The first kappa shape index (κ1) is 12.4. The van der Waals surface area contributed by atoms with E-state index in [9.17, 15) is 0 Å². The van der Waals surface area contributed by atoms with Crippen molar-refractivity contribution in [2.75, 3.05) is 25.5 Å². The number of rotatable bonds is 8. The van der Waals surface area contributed by atoms with Gasteiger partial charge in [-0.25, -0.2) is 4.98 Å². The number of hydrogen-bond donors (Lipinski definition) is 1. The molecule has 1 aliphatic rings. The van der Waals surface area contributed by atoms with Crippen LogP contribution < -0.4 is 5.32 Å². The van der Waals surface area contributed by atoms with Crippen LogP contribution in [0.15, 0.2) is 12.4 Å². The zero-order chi connectivity index (χ0) is 12.1. The van der Waals surface area contributed by atoms with Crippen molar-refractivity contribution in [1.82, 2.24) is 14.5 Å². The number of likely N-dealkylation sites (N-methyl/N-ethyl adjacent to an activating group) is 1. The molecule has 1 N–H and O–H groups in total. The second-order valence-electron chi connectivity index (χ2n) is 4.94. The number of aromatic nitrogens is 2. The van der Waals surface area contributed by atoms with E-state index >= 15 is 0 Å². The van der Waals surface area contributed by atoms with Gasteiger partial charge in [0.25, 0.3) is 0 Å². The molecule has 1 aromatic rings. The van der Waals surface area contributed by atoms with E-state index in [1.165, 1.54) is 25.7 Å². The Hall–Kier alpha value is -1.03. The smallest absolute Gasteiger partial charge is 0.202 e. The second kappa shape index (κ2) is 6.05. The minimum Gasteiger partial charge on any atom is -0.354 e. The van der Waals surface area contributed by atoms with E-state index in [2.05, 4.69) is 39.9 Å². The number of unbranched alkanes of at least 4 members (excludes halogenated alkanes) is 1. The van der Waals surface area contributed by atoms with Gasteiger partial charge in [-0.2, -0.15) is 0 Å². The van der Waals surface area contributed by atoms with Crippen molar-refractivity contribution in [3.05, 3.63) is 12.4 Å². The van der Waals surface area contributed by atoms with Gasteiger partial charge in [0.05, 0.1) is 0 Å². The standard InChI is InChI=1S/C13H24N4/c1-3-4-9-17-11-8-15-13(17)14-7-10-16(2)12-5-6-12/h8,11-12H,3-7,9-10H2,1-2H3,(H,14,15). The molecule has 1 fully saturated rings. The van der Waals surface area contributed by atoms with Gasteiger partial charge in [-0.3, -0.25) is 0 Å². The Balaban J connectivity index is 1.71. The minimum atomic E-state index is 0.844. The molecule has 4 nitrogen and oxygen atoms in total. The fourth-order valence-corrected chi connectivity index (χ4v) is 2.03. The maximum atomic E-state index is 4.36. The zero-order valence-corrected chi connectivity index (χ0v) is 11.0. The Kier molecular flexibility index (Phi) is 4.42. The van der Waals surface area contributed by atoms with E-state index in [0.717, 1.165) is 31.6 Å². The van der Waals surface area contributed by atoms with Gasteiger partial charge in [0.1, 0.15) is 0 Å². The average molecular weight is 236 g/mol. The third-order valence-electron chi connectivity index (χ3n) is 3.39. The van der Waals surface area contributed by atoms with Crippen LogP contribution >= 0.6 is 0 Å². The largest absolute Gasteiger partial charge is 0.354 e. The number of hydrogen-bond acceptors (Lipinski definition) is 3. The summed E-state index contributed by atoms with van der Waals surface area (Å²) in [5.41, 5.74) is 0. The van der Waals surface area contributed by atoms with Crippen molar-refractivity contribution in [2.45, 2.75) is 45.2 Å². The van der Waals surface area contributed by atoms with E-state index in [0.29, 0.717) is 0 Å². The van der Waals surface area contributed by atoms with Gasteiger partial charge in [-0.15, -0.1) is 0 Å². The molecule has 0 radical (unpaired) electrons. The summed E-state index contributed by atoms with van der Waals surface area (Å²) >= 11 is 0. The molecule has 0 saturated heterocycles. The van der Waals surface area contributed by atoms with Gasteiger partial charge < -0.3 is 14.8 Å². The third-order valence-corrected chi connectivity index (χ3v) is 3.39. The molecule has 0 aromatic carbocycles. The van der Waals surface area contributed by atoms with E-state index < -0.39 is 0 Å². The monoisotopic (exact) mass is 236 g/mol. The first-order valence-corrected chi connectivity index (χ1v) is 6.76. The van der Waals surface area contributed by atoms with E-state index in [1.807, 2.05) is 6.20 Å². The molecular formula is C13H24N4. The van der Waals surface area contributed by atoms with E-state index in [-0.39, 0.29) is 0 Å². The first-order chi connectivity index (χ1) is 8.31. The molecule has 96 valence electrons. The van der Waals surface area contributed by atoms with Crippen LogP contribution in [-0.2, 0) is 6.54 Å². The summed E-state index contributed by atoms with van der Waals surface area (Å²) in [5, 5.41) is 3.43. The van der Waals surface area contributed by atoms with Crippen molar-refractivity contribution in [3.8, 4) is 0 Å². The molecular weight excluding hydrogens is 212 g/mol. The second-order valence-corrected chi connectivity index (χ2v) is 4.94. The van der Waals surface area contributed by atoms with Crippen molar-refractivity contribution in [1.29, 1.82) is 0 Å². The molecule has 1 heterocycles. The van der Waals surface area contributed by atoms with Gasteiger partial charge in [0.2, 0.25) is 5.95 Å². The van der Waals surface area contributed by atoms with E-state index in [4.69, 9.17) is 0 Å². The van der Waals surface area contributed by atoms with Gasteiger partial charge >= 0.3 is 0 Å². The zero-order valence-electron chi connectivity index (χ0n) is 11.0. The number of nitrogens with one attached hydrogen (secondary N) is 1.